The summed E-state index contributed by atoms with van der Waals surface area (Å²) in [7, 11) is -2.66. The normalized spacial score (nSPS) is 12.1. The van der Waals surface area contributed by atoms with Crippen molar-refractivity contribution in [3.63, 3.8) is 0 Å². The van der Waals surface area contributed by atoms with Gasteiger partial charge in [-0.05, 0) is 29.3 Å². The van der Waals surface area contributed by atoms with E-state index in [-0.39, 0.29) is 11.5 Å². The highest BCUT2D eigenvalue weighted by molar-refractivity contribution is 8.36. The van der Waals surface area contributed by atoms with Crippen LogP contribution in [0, 0.1) is 25.1 Å². The van der Waals surface area contributed by atoms with Crippen LogP contribution in [0.5, 0.6) is 5.75 Å². The molecule has 0 unspecified atom stereocenters. The molecule has 188 valence electrons. The van der Waals surface area contributed by atoms with Crippen LogP contribution in [0.25, 0.3) is 15.7 Å². The van der Waals surface area contributed by atoms with Crippen LogP contribution in [-0.2, 0) is 13.8 Å². The Balaban J connectivity index is 2.09. The number of non-ortho nitro benzene ring substituents is 1. The van der Waals surface area contributed by atoms with Crippen LogP contribution in [0.4, 0.5) is 17.1 Å². The van der Waals surface area contributed by atoms with Crippen LogP contribution in [0.3, 0.4) is 0 Å². The zero-order valence-corrected chi connectivity index (χ0v) is 20.3. The molecule has 0 aliphatic heterocycles. The quantitative estimate of drug-likeness (QED) is 0.172. The number of nitrogens with zero attached hydrogens (tertiary/aromatic N) is 3. The van der Waals surface area contributed by atoms with Crippen molar-refractivity contribution in [3.8, 4) is 5.75 Å². The monoisotopic (exact) mass is 516 g/mol. The third kappa shape index (κ3) is 5.58. The lowest BCUT2D eigenvalue weighted by Crippen LogP contribution is -2.12. The summed E-state index contributed by atoms with van der Waals surface area (Å²) in [6.07, 6.45) is 4.24. The van der Waals surface area contributed by atoms with E-state index in [1.54, 1.807) is 19.1 Å². The molecule has 0 fully saturated rings. The molecule has 0 spiro atoms. The molecule has 0 atom stereocenters. The number of phenolic OH excluding ortho intramolecular Hbond substituents is 1. The number of carbonyl (C=O) groups is 1. The maximum Gasteiger partial charge on any atom is 0.373 e. The Labute approximate surface area is 206 Å². The van der Waals surface area contributed by atoms with Crippen molar-refractivity contribution in [2.45, 2.75) is 6.92 Å². The van der Waals surface area contributed by atoms with Gasteiger partial charge >= 0.3 is 17.3 Å². The molecule has 1 N–H and O–H groups in total. The molecule has 0 saturated heterocycles. The number of esters is 1. The molecule has 0 bridgehead atoms. The number of rotatable bonds is 9. The fourth-order valence-corrected chi connectivity index (χ4v) is 4.94. The highest BCUT2D eigenvalue weighted by Crippen LogP contribution is 2.56. The molecule has 0 aliphatic carbocycles. The van der Waals surface area contributed by atoms with Crippen LogP contribution >= 0.6 is 10.3 Å². The minimum absolute atomic E-state index is 0.107. The SMILES string of the molecule is CCOC(=O)/C=C(\c1ccc2ccccc2c1)S(C)(C)O[N+](=O)c1cc([N+](=O)[O-])cc([N+](=O)[O-])c1O. The van der Waals surface area contributed by atoms with E-state index in [0.717, 1.165) is 10.8 Å². The largest absolute Gasteiger partial charge is 0.497 e. The van der Waals surface area contributed by atoms with Gasteiger partial charge in [0.25, 0.3) is 16.4 Å². The highest BCUT2D eigenvalue weighted by atomic mass is 32.3. The molecule has 36 heavy (non-hydrogen) atoms. The minimum Gasteiger partial charge on any atom is -0.497 e. The summed E-state index contributed by atoms with van der Waals surface area (Å²) in [5.41, 5.74) is -2.10. The second-order valence-corrected chi connectivity index (χ2v) is 10.8. The van der Waals surface area contributed by atoms with Crippen molar-refractivity contribution < 1.29 is 33.7 Å². The van der Waals surface area contributed by atoms with Gasteiger partial charge in [-0.15, -0.1) is 0 Å². The molecule has 3 aromatic carbocycles. The van der Waals surface area contributed by atoms with E-state index in [4.69, 9.17) is 9.02 Å². The van der Waals surface area contributed by atoms with Crippen LogP contribution in [0.15, 0.2) is 60.7 Å². The van der Waals surface area contributed by atoms with Gasteiger partial charge in [-0.25, -0.2) is 4.79 Å². The molecular formula is C23H22N3O9S+. The molecule has 13 heteroatoms. The molecule has 3 aromatic rings. The van der Waals surface area contributed by atoms with Gasteiger partial charge in [-0.3, -0.25) is 20.2 Å². The molecule has 12 nitrogen and oxygen atoms in total. The summed E-state index contributed by atoms with van der Waals surface area (Å²) in [5, 5.41) is 34.5. The molecular weight excluding hydrogens is 494 g/mol. The molecule has 3 rings (SSSR count). The Bertz CT molecular complexity index is 1420. The van der Waals surface area contributed by atoms with Crippen LogP contribution in [0.2, 0.25) is 0 Å². The fraction of sp³-hybridized carbons (Fsp3) is 0.174. The molecule has 0 aliphatic rings. The summed E-state index contributed by atoms with van der Waals surface area (Å²) in [5.74, 6) is -1.78. The summed E-state index contributed by atoms with van der Waals surface area (Å²) in [6.45, 7) is 1.74. The van der Waals surface area contributed by atoms with Gasteiger partial charge in [0.1, 0.15) is 6.07 Å². The summed E-state index contributed by atoms with van der Waals surface area (Å²) >= 11 is 0. The number of fused-ring (bicyclic) bond motifs is 1. The van der Waals surface area contributed by atoms with Crippen molar-refractivity contribution in [2.24, 2.45) is 0 Å². The number of nitro benzene ring substituents is 2. The lowest BCUT2D eigenvalue weighted by molar-refractivity contribution is -0.696. The van der Waals surface area contributed by atoms with E-state index in [1.807, 2.05) is 30.3 Å². The Morgan fingerprint density at radius 1 is 0.972 bits per heavy atom. The number of carbonyl (C=O) groups excluding carboxylic acids is 1. The van der Waals surface area contributed by atoms with E-state index >= 15 is 0 Å². The summed E-state index contributed by atoms with van der Waals surface area (Å²) in [6, 6.07) is 14.0. The smallest absolute Gasteiger partial charge is 0.373 e. The lowest BCUT2D eigenvalue weighted by atomic mass is 10.1. The van der Waals surface area contributed by atoms with Crippen molar-refractivity contribution >= 4 is 49.0 Å². The number of nitro groups is 2. The highest BCUT2D eigenvalue weighted by Gasteiger charge is 2.38. The Kier molecular flexibility index (Phi) is 7.53. The van der Waals surface area contributed by atoms with Crippen LogP contribution in [0.1, 0.15) is 12.5 Å². The van der Waals surface area contributed by atoms with Crippen molar-refractivity contribution in [1.82, 2.24) is 0 Å². The van der Waals surface area contributed by atoms with Gasteiger partial charge in [0.15, 0.2) is 0 Å². The number of ether oxygens (including phenoxy) is 1. The van der Waals surface area contributed by atoms with Gasteiger partial charge in [0.05, 0.1) is 27.4 Å². The van der Waals surface area contributed by atoms with E-state index in [0.29, 0.717) is 22.6 Å². The predicted octanol–water partition coefficient (Wildman–Crippen LogP) is 5.29. The molecule has 0 radical (unpaired) electrons. The van der Waals surface area contributed by atoms with Crippen LogP contribution < -0.4 is 0 Å². The van der Waals surface area contributed by atoms with E-state index in [1.165, 1.54) is 18.6 Å². The van der Waals surface area contributed by atoms with Crippen molar-refractivity contribution in [2.75, 3.05) is 19.1 Å². The first-order chi connectivity index (χ1) is 16.9. The van der Waals surface area contributed by atoms with Crippen LogP contribution in [-0.4, -0.2) is 45.0 Å². The first kappa shape index (κ1) is 26.1. The second-order valence-electron chi connectivity index (χ2n) is 7.73. The molecule has 0 heterocycles. The zero-order valence-electron chi connectivity index (χ0n) is 19.4. The molecule has 0 aromatic heterocycles. The second kappa shape index (κ2) is 10.4. The predicted molar refractivity (Wildman–Crippen MR) is 134 cm³/mol. The van der Waals surface area contributed by atoms with Crippen molar-refractivity contribution in [3.05, 3.63) is 91.4 Å². The summed E-state index contributed by atoms with van der Waals surface area (Å²) in [4.78, 5) is 45.9. The maximum absolute atomic E-state index is 13.0. The number of hydrogen-bond donors (Lipinski definition) is 1. The standard InChI is InChI=1S/C23H21N3O9S/c1-4-34-22(27)14-21(17-10-9-15-7-5-6-8-16(15)11-17)36(2,3)35-26(33)20-13-18(24(29)30)12-19(23(20)28)25(31)32/h5-14H,4H2,1-3H3/p+1/b21-14+. The average molecular weight is 517 g/mol. The maximum atomic E-state index is 13.0. The Hall–Kier alpha value is -4.52. The third-order valence-corrected chi connectivity index (χ3v) is 6.93. The molecule has 0 amide bonds. The fourth-order valence-electron chi connectivity index (χ4n) is 3.37. The van der Waals surface area contributed by atoms with Gasteiger partial charge in [0, 0.05) is 33.8 Å². The minimum atomic E-state index is -2.66. The number of benzene rings is 3. The van der Waals surface area contributed by atoms with Gasteiger partial charge in [-0.1, -0.05) is 36.4 Å². The number of phenols is 1. The Morgan fingerprint density at radius 2 is 1.61 bits per heavy atom. The van der Waals surface area contributed by atoms with E-state index in [9.17, 15) is 35.0 Å². The van der Waals surface area contributed by atoms with E-state index < -0.39 is 48.9 Å². The number of hydrogen-bond acceptors (Lipinski definition) is 9. The van der Waals surface area contributed by atoms with Crippen molar-refractivity contribution in [1.29, 1.82) is 0 Å². The first-order valence-corrected chi connectivity index (χ1v) is 12.8. The topological polar surface area (TPSA) is 162 Å². The average Bonchev–Trinajstić information content (AvgIpc) is 2.81. The summed E-state index contributed by atoms with van der Waals surface area (Å²) < 4.78 is 10.6. The Morgan fingerprint density at radius 3 is 2.22 bits per heavy atom. The van der Waals surface area contributed by atoms with Gasteiger partial charge in [-0.2, -0.15) is 4.28 Å². The van der Waals surface area contributed by atoms with Gasteiger partial charge in [0.2, 0.25) is 0 Å². The number of aromatic hydroxyl groups is 1. The first-order valence-electron chi connectivity index (χ1n) is 10.4. The zero-order chi connectivity index (χ0) is 26.6. The lowest BCUT2D eigenvalue weighted by Gasteiger charge is -2.27. The molecule has 0 saturated carbocycles. The van der Waals surface area contributed by atoms with E-state index in [2.05, 4.69) is 0 Å². The van der Waals surface area contributed by atoms with Gasteiger partial charge < -0.3 is 9.84 Å². The third-order valence-electron chi connectivity index (χ3n) is 5.01.